The van der Waals surface area contributed by atoms with Gasteiger partial charge in [-0.1, -0.05) is 47.5 Å². The van der Waals surface area contributed by atoms with Crippen LogP contribution in [-0.4, -0.2) is 4.92 Å². The first kappa shape index (κ1) is 16.3. The van der Waals surface area contributed by atoms with Crippen molar-refractivity contribution in [3.8, 4) is 0 Å². The fourth-order valence-electron chi connectivity index (χ4n) is 2.95. The Morgan fingerprint density at radius 3 is 2.72 bits per heavy atom. The van der Waals surface area contributed by atoms with E-state index >= 15 is 0 Å². The zero-order valence-corrected chi connectivity index (χ0v) is 14.8. The predicted molar refractivity (Wildman–Crippen MR) is 98.5 cm³/mol. The molecule has 0 fully saturated rings. The summed E-state index contributed by atoms with van der Waals surface area (Å²) in [6, 6.07) is 10.6. The van der Waals surface area contributed by atoms with Crippen LogP contribution in [0.15, 0.2) is 47.6 Å². The van der Waals surface area contributed by atoms with Gasteiger partial charge in [-0.05, 0) is 11.6 Å². The molecule has 1 unspecified atom stereocenters. The van der Waals surface area contributed by atoms with E-state index in [1.807, 2.05) is 0 Å². The number of rotatable bonds is 2. The van der Waals surface area contributed by atoms with Crippen LogP contribution in [0, 0.1) is 15.9 Å². The van der Waals surface area contributed by atoms with Crippen LogP contribution in [0.2, 0.25) is 0 Å². The summed E-state index contributed by atoms with van der Waals surface area (Å²) in [5, 5.41) is 15.4. The maximum atomic E-state index is 14.2. The van der Waals surface area contributed by atoms with E-state index in [1.165, 1.54) is 29.5 Å². The standard InChI is InChI=1S/C17H9Cl2FN2O2S/c18-13-12-10-5-2-6-11(20)15(10)25-16(12)14(21-17(13)19)8-3-1-4-9(7-8)22(23)24/h1-7,14,21H. The topological polar surface area (TPSA) is 55.2 Å². The van der Waals surface area contributed by atoms with Crippen LogP contribution >= 0.6 is 34.5 Å². The zero-order valence-electron chi connectivity index (χ0n) is 12.4. The Bertz CT molecular complexity index is 1060. The van der Waals surface area contributed by atoms with Gasteiger partial charge in [-0.3, -0.25) is 10.1 Å². The van der Waals surface area contributed by atoms with Gasteiger partial charge >= 0.3 is 0 Å². The van der Waals surface area contributed by atoms with E-state index in [-0.39, 0.29) is 16.7 Å². The third-order valence-corrected chi connectivity index (χ3v) is 6.11. The van der Waals surface area contributed by atoms with E-state index in [0.29, 0.717) is 26.2 Å². The summed E-state index contributed by atoms with van der Waals surface area (Å²) in [5.74, 6) is -0.338. The molecule has 2 heterocycles. The van der Waals surface area contributed by atoms with E-state index in [4.69, 9.17) is 23.2 Å². The Morgan fingerprint density at radius 1 is 1.20 bits per heavy atom. The van der Waals surface area contributed by atoms with Crippen LogP contribution in [0.5, 0.6) is 0 Å². The summed E-state index contributed by atoms with van der Waals surface area (Å²) in [5.41, 5.74) is 1.30. The number of nitrogens with zero attached hydrogens (tertiary/aromatic N) is 1. The van der Waals surface area contributed by atoms with Crippen LogP contribution in [-0.2, 0) is 0 Å². The molecule has 0 amide bonds. The van der Waals surface area contributed by atoms with Gasteiger partial charge in [0.2, 0.25) is 0 Å². The van der Waals surface area contributed by atoms with Crippen molar-refractivity contribution in [2.45, 2.75) is 6.04 Å². The van der Waals surface area contributed by atoms with E-state index in [1.54, 1.807) is 24.3 Å². The predicted octanol–water partition coefficient (Wildman–Crippen LogP) is 5.74. The molecule has 2 aromatic carbocycles. The first-order chi connectivity index (χ1) is 12.0. The zero-order chi connectivity index (χ0) is 17.7. The van der Waals surface area contributed by atoms with Gasteiger partial charge in [0.1, 0.15) is 11.0 Å². The third-order valence-electron chi connectivity index (χ3n) is 4.05. The molecule has 0 saturated carbocycles. The van der Waals surface area contributed by atoms with Crippen molar-refractivity contribution in [1.82, 2.24) is 5.32 Å². The Morgan fingerprint density at radius 2 is 1.96 bits per heavy atom. The molecule has 0 bridgehead atoms. The fraction of sp³-hybridized carbons (Fsp3) is 0.0588. The molecule has 1 aromatic heterocycles. The Hall–Kier alpha value is -2.15. The lowest BCUT2D eigenvalue weighted by atomic mass is 9.97. The highest BCUT2D eigenvalue weighted by Gasteiger charge is 2.31. The van der Waals surface area contributed by atoms with Crippen molar-refractivity contribution in [3.63, 3.8) is 0 Å². The van der Waals surface area contributed by atoms with Gasteiger partial charge in [0.15, 0.2) is 0 Å². The normalized spacial score (nSPS) is 16.7. The minimum absolute atomic E-state index is 0.0232. The Labute approximate surface area is 155 Å². The summed E-state index contributed by atoms with van der Waals surface area (Å²) in [4.78, 5) is 11.4. The van der Waals surface area contributed by atoms with Gasteiger partial charge in [0, 0.05) is 28.0 Å². The van der Waals surface area contributed by atoms with E-state index < -0.39 is 11.0 Å². The monoisotopic (exact) mass is 394 g/mol. The van der Waals surface area contributed by atoms with Crippen molar-refractivity contribution in [2.24, 2.45) is 0 Å². The van der Waals surface area contributed by atoms with E-state index in [0.717, 1.165) is 4.88 Å². The number of hydrogen-bond acceptors (Lipinski definition) is 4. The minimum atomic E-state index is -0.456. The number of nitro benzene ring substituents is 1. The maximum Gasteiger partial charge on any atom is 0.269 e. The van der Waals surface area contributed by atoms with Gasteiger partial charge in [0.05, 0.1) is 20.7 Å². The molecule has 1 N–H and O–H groups in total. The van der Waals surface area contributed by atoms with Crippen LogP contribution in [0.1, 0.15) is 22.0 Å². The van der Waals surface area contributed by atoms with Crippen LogP contribution < -0.4 is 5.32 Å². The molecule has 8 heteroatoms. The summed E-state index contributed by atoms with van der Waals surface area (Å²) >= 11 is 13.9. The van der Waals surface area contributed by atoms with Crippen molar-refractivity contribution in [2.75, 3.05) is 0 Å². The third kappa shape index (κ3) is 2.57. The summed E-state index contributed by atoms with van der Waals surface area (Å²) < 4.78 is 14.7. The van der Waals surface area contributed by atoms with Gasteiger partial charge in [-0.2, -0.15) is 0 Å². The van der Waals surface area contributed by atoms with E-state index in [9.17, 15) is 14.5 Å². The van der Waals surface area contributed by atoms with Crippen molar-refractivity contribution in [3.05, 3.63) is 79.6 Å². The average molecular weight is 395 g/mol. The van der Waals surface area contributed by atoms with Gasteiger partial charge in [-0.15, -0.1) is 11.3 Å². The number of hydrogen-bond donors (Lipinski definition) is 1. The Kier molecular flexibility index (Phi) is 3.91. The number of benzene rings is 2. The highest BCUT2D eigenvalue weighted by atomic mass is 35.5. The highest BCUT2D eigenvalue weighted by molar-refractivity contribution is 7.19. The SMILES string of the molecule is O=[N+]([O-])c1cccc(C2NC(Cl)=C(Cl)c3c2sc2c(F)cccc32)c1. The molecule has 4 rings (SSSR count). The smallest absolute Gasteiger partial charge is 0.269 e. The van der Waals surface area contributed by atoms with Crippen LogP contribution in [0.3, 0.4) is 0 Å². The average Bonchev–Trinajstić information content (AvgIpc) is 2.99. The lowest BCUT2D eigenvalue weighted by Gasteiger charge is -2.25. The molecular weight excluding hydrogens is 386 g/mol. The number of non-ortho nitro benzene ring substituents is 1. The van der Waals surface area contributed by atoms with E-state index in [2.05, 4.69) is 5.32 Å². The second-order valence-electron chi connectivity index (χ2n) is 5.52. The van der Waals surface area contributed by atoms with Crippen LogP contribution in [0.4, 0.5) is 10.1 Å². The first-order valence-electron chi connectivity index (χ1n) is 7.25. The van der Waals surface area contributed by atoms with Gasteiger partial charge in [0.25, 0.3) is 5.69 Å². The number of nitro groups is 1. The molecule has 0 aliphatic carbocycles. The lowest BCUT2D eigenvalue weighted by Crippen LogP contribution is -2.23. The Balaban J connectivity index is 1.97. The minimum Gasteiger partial charge on any atom is -0.363 e. The number of thiophene rings is 1. The molecule has 25 heavy (non-hydrogen) atoms. The fourth-order valence-corrected chi connectivity index (χ4v) is 4.76. The summed E-state index contributed by atoms with van der Waals surface area (Å²) in [6.07, 6.45) is 0. The summed E-state index contributed by atoms with van der Waals surface area (Å²) in [7, 11) is 0. The number of fused-ring (bicyclic) bond motifs is 3. The number of halogens is 3. The molecule has 4 nitrogen and oxygen atoms in total. The largest absolute Gasteiger partial charge is 0.363 e. The van der Waals surface area contributed by atoms with Gasteiger partial charge < -0.3 is 5.32 Å². The molecule has 1 atom stereocenters. The second-order valence-corrected chi connectivity index (χ2v) is 7.32. The lowest BCUT2D eigenvalue weighted by molar-refractivity contribution is -0.384. The highest BCUT2D eigenvalue weighted by Crippen LogP contribution is 2.47. The summed E-state index contributed by atoms with van der Waals surface area (Å²) in [6.45, 7) is 0. The molecule has 3 aromatic rings. The van der Waals surface area contributed by atoms with Crippen molar-refractivity contribution >= 4 is 55.3 Å². The van der Waals surface area contributed by atoms with Crippen molar-refractivity contribution < 1.29 is 9.31 Å². The molecule has 0 saturated heterocycles. The quantitative estimate of drug-likeness (QED) is 0.342. The van der Waals surface area contributed by atoms with Crippen LogP contribution in [0.25, 0.3) is 15.1 Å². The molecule has 0 radical (unpaired) electrons. The maximum absolute atomic E-state index is 14.2. The molecule has 1 aliphatic heterocycles. The molecule has 1 aliphatic rings. The van der Waals surface area contributed by atoms with Crippen molar-refractivity contribution in [1.29, 1.82) is 0 Å². The van der Waals surface area contributed by atoms with Gasteiger partial charge in [-0.25, -0.2) is 4.39 Å². The molecule has 126 valence electrons. The molecule has 0 spiro atoms. The second kappa shape index (κ2) is 5.98. The molecular formula is C17H9Cl2FN2O2S. The first-order valence-corrected chi connectivity index (χ1v) is 8.82. The number of nitrogens with one attached hydrogen (secondary N) is 1.